The number of benzene rings is 5. The molecule has 0 aromatic heterocycles. The van der Waals surface area contributed by atoms with Gasteiger partial charge in [0.25, 0.3) is 5.91 Å². The topological polar surface area (TPSA) is 144 Å². The zero-order valence-electron chi connectivity index (χ0n) is 30.6. The molecule has 5 aromatic carbocycles. The number of halogens is 2. The summed E-state index contributed by atoms with van der Waals surface area (Å²) < 4.78 is 0. The standard InChI is InChI=1S/C46H34Cl2N6O4/c47-37-25-27(19-21-39(37)51-53-41-33-17-9-7-11-29(33)23-35(43(41)55)45(57)49-31-13-3-1-4-14-31)28-20-22-40(38(48)26-28)52-54-42-34-18-10-8-12-30(34)24-36(44(42)56)46(58)50-32-15-5-2-6-16-32/h1-15,17-26,32,46,50-52,58H,16H2,(H,49,57)/b53-41+,54-42+. The number of allylic oxidation sites excluding steroid dienone is 2. The Hall–Kier alpha value is -6.69. The molecule has 10 nitrogen and oxygen atoms in total. The summed E-state index contributed by atoms with van der Waals surface area (Å²) in [5.41, 5.74) is 11.8. The van der Waals surface area contributed by atoms with Gasteiger partial charge in [-0.15, -0.1) is 0 Å². The van der Waals surface area contributed by atoms with Crippen LogP contribution in [0.3, 0.4) is 0 Å². The highest BCUT2D eigenvalue weighted by Crippen LogP contribution is 2.34. The van der Waals surface area contributed by atoms with Gasteiger partial charge in [-0.1, -0.05) is 126 Å². The molecule has 0 radical (unpaired) electrons. The van der Waals surface area contributed by atoms with Crippen molar-refractivity contribution in [1.82, 2.24) is 5.32 Å². The molecule has 58 heavy (non-hydrogen) atoms. The number of aliphatic hydroxyl groups excluding tert-OH is 1. The Morgan fingerprint density at radius 2 is 1.26 bits per heavy atom. The van der Waals surface area contributed by atoms with Gasteiger partial charge in [-0.3, -0.25) is 30.6 Å². The number of nitrogens with one attached hydrogen (secondary N) is 4. The van der Waals surface area contributed by atoms with Crippen molar-refractivity contribution < 1.29 is 19.5 Å². The van der Waals surface area contributed by atoms with Gasteiger partial charge < -0.3 is 10.4 Å². The molecule has 8 rings (SSSR count). The fourth-order valence-electron chi connectivity index (χ4n) is 6.75. The Balaban J connectivity index is 0.981. The fourth-order valence-corrected chi connectivity index (χ4v) is 7.20. The van der Waals surface area contributed by atoms with Crippen molar-refractivity contribution in [2.75, 3.05) is 16.2 Å². The smallest absolute Gasteiger partial charge is 0.259 e. The van der Waals surface area contributed by atoms with Crippen LogP contribution in [0.2, 0.25) is 10.0 Å². The third-order valence-electron chi connectivity index (χ3n) is 9.75. The summed E-state index contributed by atoms with van der Waals surface area (Å²) in [5, 5.41) is 26.5. The first-order valence-corrected chi connectivity index (χ1v) is 19.1. The largest absolute Gasteiger partial charge is 0.374 e. The Morgan fingerprint density at radius 3 is 1.84 bits per heavy atom. The maximum atomic E-state index is 13.7. The summed E-state index contributed by atoms with van der Waals surface area (Å²) in [4.78, 5) is 40.6. The second kappa shape index (κ2) is 16.8. The van der Waals surface area contributed by atoms with Crippen molar-refractivity contribution in [3.63, 3.8) is 0 Å². The Bertz CT molecular complexity index is 2670. The predicted molar refractivity (Wildman–Crippen MR) is 232 cm³/mol. The number of hydrogen-bond acceptors (Lipinski definition) is 9. The summed E-state index contributed by atoms with van der Waals surface area (Å²) in [6.07, 6.45) is 10.5. The molecule has 0 spiro atoms. The number of anilines is 3. The molecule has 0 saturated carbocycles. The van der Waals surface area contributed by atoms with E-state index in [9.17, 15) is 19.5 Å². The second-order valence-electron chi connectivity index (χ2n) is 13.6. The normalized spacial score (nSPS) is 17.6. The molecule has 12 heteroatoms. The SMILES string of the molecule is O=C(Nc1ccccc1)C1=Cc2ccccc2/C(=N\Nc2ccc(-c3ccc(N/N=C4/C(=O)C(C(O)NC5C=CC=CC5)=Cc5ccccc54)c(Cl)c3)cc2Cl)C1=O. The highest BCUT2D eigenvalue weighted by molar-refractivity contribution is 6.59. The molecular weight excluding hydrogens is 771 g/mol. The molecule has 5 N–H and O–H groups in total. The van der Waals surface area contributed by atoms with E-state index >= 15 is 0 Å². The van der Waals surface area contributed by atoms with Crippen LogP contribution in [0.4, 0.5) is 17.1 Å². The van der Waals surface area contributed by atoms with E-state index in [4.69, 9.17) is 23.2 Å². The summed E-state index contributed by atoms with van der Waals surface area (Å²) in [5.74, 6) is -1.49. The van der Waals surface area contributed by atoms with Crippen molar-refractivity contribution in [2.45, 2.75) is 18.7 Å². The molecule has 5 aromatic rings. The van der Waals surface area contributed by atoms with Crippen molar-refractivity contribution in [1.29, 1.82) is 0 Å². The van der Waals surface area contributed by atoms with Gasteiger partial charge >= 0.3 is 0 Å². The van der Waals surface area contributed by atoms with Gasteiger partial charge in [0.15, 0.2) is 0 Å². The number of nitrogens with zero attached hydrogens (tertiary/aromatic N) is 2. The lowest BCUT2D eigenvalue weighted by atomic mass is 9.88. The van der Waals surface area contributed by atoms with Crippen LogP contribution in [0.25, 0.3) is 23.3 Å². The average molecular weight is 806 g/mol. The number of Topliss-reactive ketones (excluding diaryl/α,β-unsaturated/α-hetero) is 2. The first-order chi connectivity index (χ1) is 28.2. The summed E-state index contributed by atoms with van der Waals surface area (Å²) in [7, 11) is 0. The van der Waals surface area contributed by atoms with Crippen LogP contribution in [0.5, 0.6) is 0 Å². The van der Waals surface area contributed by atoms with Crippen LogP contribution in [-0.4, -0.2) is 46.3 Å². The van der Waals surface area contributed by atoms with E-state index in [1.54, 1.807) is 78.9 Å². The van der Waals surface area contributed by atoms with Crippen LogP contribution in [0, 0.1) is 0 Å². The number of amides is 1. The van der Waals surface area contributed by atoms with Crippen LogP contribution in [0.1, 0.15) is 28.7 Å². The highest BCUT2D eigenvalue weighted by Gasteiger charge is 2.32. The number of fused-ring (bicyclic) bond motifs is 2. The van der Waals surface area contributed by atoms with Gasteiger partial charge in [-0.2, -0.15) is 10.2 Å². The maximum Gasteiger partial charge on any atom is 0.259 e. The minimum atomic E-state index is -1.20. The third kappa shape index (κ3) is 8.08. The van der Waals surface area contributed by atoms with Crippen molar-refractivity contribution in [2.24, 2.45) is 10.2 Å². The molecule has 1 amide bonds. The minimum absolute atomic E-state index is 0.0423. The predicted octanol–water partition coefficient (Wildman–Crippen LogP) is 8.66. The lowest BCUT2D eigenvalue weighted by molar-refractivity contribution is -0.117. The van der Waals surface area contributed by atoms with Crippen molar-refractivity contribution in [3.8, 4) is 11.1 Å². The number of rotatable bonds is 10. The number of ketones is 2. The van der Waals surface area contributed by atoms with E-state index in [0.717, 1.165) is 16.7 Å². The molecule has 0 saturated heterocycles. The molecule has 286 valence electrons. The van der Waals surface area contributed by atoms with Gasteiger partial charge in [0.05, 0.1) is 27.0 Å². The first-order valence-electron chi connectivity index (χ1n) is 18.4. The Labute approximate surface area is 344 Å². The Morgan fingerprint density at radius 1 is 0.690 bits per heavy atom. The number of carbonyl (C=O) groups is 3. The molecule has 2 atom stereocenters. The molecule has 0 heterocycles. The summed E-state index contributed by atoms with van der Waals surface area (Å²) >= 11 is 13.5. The third-order valence-corrected chi connectivity index (χ3v) is 10.4. The van der Waals surface area contributed by atoms with E-state index in [2.05, 4.69) is 31.7 Å². The minimum Gasteiger partial charge on any atom is -0.374 e. The van der Waals surface area contributed by atoms with Gasteiger partial charge in [0.2, 0.25) is 11.6 Å². The Kier molecular flexibility index (Phi) is 11.1. The van der Waals surface area contributed by atoms with Crippen LogP contribution < -0.4 is 21.5 Å². The van der Waals surface area contributed by atoms with Crippen LogP contribution >= 0.6 is 23.2 Å². The van der Waals surface area contributed by atoms with Crippen LogP contribution in [0.15, 0.2) is 161 Å². The lowest BCUT2D eigenvalue weighted by Gasteiger charge is -2.25. The molecule has 0 fully saturated rings. The summed E-state index contributed by atoms with van der Waals surface area (Å²) in [6, 6.07) is 34.0. The second-order valence-corrected chi connectivity index (χ2v) is 14.4. The fraction of sp³-hybridized carbons (Fsp3) is 0.0652. The molecule has 2 unspecified atom stereocenters. The van der Waals surface area contributed by atoms with Crippen molar-refractivity contribution >= 4 is 81.3 Å². The maximum absolute atomic E-state index is 13.7. The van der Waals surface area contributed by atoms with Gasteiger partial charge in [0, 0.05) is 28.4 Å². The first kappa shape index (κ1) is 38.2. The summed E-state index contributed by atoms with van der Waals surface area (Å²) in [6.45, 7) is 0. The van der Waals surface area contributed by atoms with E-state index in [1.807, 2.05) is 72.8 Å². The number of carbonyl (C=O) groups excluding carboxylic acids is 3. The molecule has 0 aliphatic heterocycles. The number of para-hydroxylation sites is 1. The average Bonchev–Trinajstić information content (AvgIpc) is 3.24. The van der Waals surface area contributed by atoms with E-state index in [1.165, 1.54) is 0 Å². The zero-order chi connectivity index (χ0) is 40.2. The molecular formula is C46H34Cl2N6O4. The van der Waals surface area contributed by atoms with Gasteiger partial charge in [-0.05, 0) is 77.2 Å². The van der Waals surface area contributed by atoms with Crippen LogP contribution in [-0.2, 0) is 14.4 Å². The molecule has 3 aliphatic carbocycles. The number of aliphatic hydroxyl groups is 1. The quantitative estimate of drug-likeness (QED) is 0.0540. The van der Waals surface area contributed by atoms with Gasteiger partial charge in [0.1, 0.15) is 17.7 Å². The van der Waals surface area contributed by atoms with Gasteiger partial charge in [-0.25, -0.2) is 0 Å². The number of hydrogen-bond donors (Lipinski definition) is 5. The lowest BCUT2D eigenvalue weighted by Crippen LogP contribution is -2.42. The zero-order valence-corrected chi connectivity index (χ0v) is 32.1. The van der Waals surface area contributed by atoms with E-state index in [-0.39, 0.29) is 28.6 Å². The van der Waals surface area contributed by atoms with Crippen molar-refractivity contribution in [3.05, 3.63) is 183 Å². The molecule has 0 bridgehead atoms. The monoisotopic (exact) mass is 804 g/mol. The van der Waals surface area contributed by atoms with E-state index < -0.39 is 23.7 Å². The highest BCUT2D eigenvalue weighted by atomic mass is 35.5. The van der Waals surface area contributed by atoms with E-state index in [0.29, 0.717) is 50.2 Å². The number of hydrazone groups is 2. The molecule has 3 aliphatic rings.